The number of nitriles is 1. The topological polar surface area (TPSA) is 86.5 Å². The van der Waals surface area contributed by atoms with Gasteiger partial charge in [0.2, 0.25) is 0 Å². The van der Waals surface area contributed by atoms with Gasteiger partial charge in [0, 0.05) is 43.7 Å². The highest BCUT2D eigenvalue weighted by atomic mass is 16.5. The Morgan fingerprint density at radius 3 is 2.57 bits per heavy atom. The maximum atomic E-state index is 9.47. The molecule has 2 aliphatic rings. The molecule has 0 unspecified atom stereocenters. The summed E-state index contributed by atoms with van der Waals surface area (Å²) in [5.74, 6) is 2.33. The molecule has 0 saturated carbocycles. The van der Waals surface area contributed by atoms with Gasteiger partial charge in [-0.3, -0.25) is 4.90 Å². The minimum absolute atomic E-state index is 0.0272. The molecule has 37 heavy (non-hydrogen) atoms. The summed E-state index contributed by atoms with van der Waals surface area (Å²) < 4.78 is 11.4. The van der Waals surface area contributed by atoms with E-state index in [4.69, 9.17) is 19.4 Å². The fourth-order valence-corrected chi connectivity index (χ4v) is 5.72. The molecule has 0 amide bonds. The van der Waals surface area contributed by atoms with Crippen LogP contribution in [0.25, 0.3) is 10.9 Å². The molecular weight excluding hydrogens is 464 g/mol. The standard InChI is InChI=1S/C29H36N6O2/c1-19-22(18-30)6-5-7-24(19)20(2)31-29-25-16-27(28(36-4)17-26(25)32-21(3)33-29)35-10-8-23(9-11-35)34-12-14-37-15-13-34/h5-7,16-17,20,23H,8-15H2,1-4H3,(H,31,32,33)/t20-/m1/s1. The monoisotopic (exact) mass is 500 g/mol. The highest BCUT2D eigenvalue weighted by Gasteiger charge is 2.27. The number of hydrogen-bond acceptors (Lipinski definition) is 8. The summed E-state index contributed by atoms with van der Waals surface area (Å²) in [6.07, 6.45) is 2.25. The van der Waals surface area contributed by atoms with Crippen LogP contribution in [0.5, 0.6) is 5.75 Å². The Morgan fingerprint density at radius 2 is 1.86 bits per heavy atom. The molecule has 0 bridgehead atoms. The van der Waals surface area contributed by atoms with Crippen LogP contribution in [0, 0.1) is 25.2 Å². The third-order valence-electron chi connectivity index (χ3n) is 7.79. The molecule has 0 spiro atoms. The van der Waals surface area contributed by atoms with E-state index in [1.807, 2.05) is 32.0 Å². The molecule has 2 aromatic carbocycles. The molecule has 8 heteroatoms. The number of aryl methyl sites for hydroxylation is 1. The van der Waals surface area contributed by atoms with Crippen LogP contribution in [0.4, 0.5) is 11.5 Å². The Morgan fingerprint density at radius 1 is 1.11 bits per heavy atom. The Kier molecular flexibility index (Phi) is 7.45. The van der Waals surface area contributed by atoms with Crippen molar-refractivity contribution >= 4 is 22.4 Å². The number of nitrogens with one attached hydrogen (secondary N) is 1. The van der Waals surface area contributed by atoms with Crippen LogP contribution in [-0.2, 0) is 4.74 Å². The number of rotatable bonds is 6. The van der Waals surface area contributed by atoms with Crippen LogP contribution >= 0.6 is 0 Å². The van der Waals surface area contributed by atoms with E-state index in [1.54, 1.807) is 7.11 Å². The Labute approximate surface area is 219 Å². The maximum absolute atomic E-state index is 9.47. The number of methoxy groups -OCH3 is 1. The van der Waals surface area contributed by atoms with Gasteiger partial charge in [-0.15, -0.1) is 0 Å². The Balaban J connectivity index is 1.44. The molecule has 8 nitrogen and oxygen atoms in total. The van der Waals surface area contributed by atoms with Crippen LogP contribution < -0.4 is 15.0 Å². The molecule has 1 N–H and O–H groups in total. The quantitative estimate of drug-likeness (QED) is 0.526. The molecule has 1 atom stereocenters. The van der Waals surface area contributed by atoms with Crippen LogP contribution in [0.3, 0.4) is 0 Å². The van der Waals surface area contributed by atoms with Gasteiger partial charge in [-0.1, -0.05) is 12.1 Å². The zero-order chi connectivity index (χ0) is 25.9. The molecule has 1 aromatic heterocycles. The van der Waals surface area contributed by atoms with E-state index >= 15 is 0 Å². The highest BCUT2D eigenvalue weighted by molar-refractivity contribution is 5.94. The predicted octanol–water partition coefficient (Wildman–Crippen LogP) is 4.60. The van der Waals surface area contributed by atoms with E-state index < -0.39 is 0 Å². The fourth-order valence-electron chi connectivity index (χ4n) is 5.72. The second-order valence-corrected chi connectivity index (χ2v) is 10.0. The molecule has 5 rings (SSSR count). The van der Waals surface area contributed by atoms with E-state index in [1.165, 1.54) is 0 Å². The third kappa shape index (κ3) is 5.20. The van der Waals surface area contributed by atoms with E-state index in [-0.39, 0.29) is 6.04 Å². The first kappa shape index (κ1) is 25.2. The first-order chi connectivity index (χ1) is 18.0. The van der Waals surface area contributed by atoms with Gasteiger partial charge < -0.3 is 19.7 Å². The number of aromatic nitrogens is 2. The number of piperidine rings is 1. The zero-order valence-electron chi connectivity index (χ0n) is 22.3. The number of ether oxygens (including phenoxy) is 2. The van der Waals surface area contributed by atoms with Crippen LogP contribution in [0.15, 0.2) is 30.3 Å². The van der Waals surface area contributed by atoms with Gasteiger partial charge in [-0.05, 0) is 56.9 Å². The normalized spacial score (nSPS) is 18.0. The lowest BCUT2D eigenvalue weighted by molar-refractivity contribution is 0.0115. The largest absolute Gasteiger partial charge is 0.495 e. The maximum Gasteiger partial charge on any atom is 0.144 e. The molecule has 0 radical (unpaired) electrons. The first-order valence-corrected chi connectivity index (χ1v) is 13.2. The fraction of sp³-hybridized carbons (Fsp3) is 0.483. The lowest BCUT2D eigenvalue weighted by Gasteiger charge is -2.41. The number of anilines is 2. The smallest absolute Gasteiger partial charge is 0.144 e. The minimum atomic E-state index is -0.0272. The molecule has 2 saturated heterocycles. The van der Waals surface area contributed by atoms with Crippen molar-refractivity contribution in [2.24, 2.45) is 0 Å². The molecule has 3 heterocycles. The van der Waals surface area contributed by atoms with Gasteiger partial charge in [-0.2, -0.15) is 5.26 Å². The van der Waals surface area contributed by atoms with E-state index in [9.17, 15) is 5.26 Å². The van der Waals surface area contributed by atoms with Crippen molar-refractivity contribution in [1.82, 2.24) is 14.9 Å². The van der Waals surface area contributed by atoms with Crippen LogP contribution in [0.1, 0.15) is 48.3 Å². The van der Waals surface area contributed by atoms with Gasteiger partial charge in [-0.25, -0.2) is 9.97 Å². The second-order valence-electron chi connectivity index (χ2n) is 10.0. The second kappa shape index (κ2) is 10.9. The van der Waals surface area contributed by atoms with Crippen molar-refractivity contribution in [3.05, 3.63) is 52.8 Å². The van der Waals surface area contributed by atoms with Crippen molar-refractivity contribution in [2.45, 2.75) is 45.7 Å². The van der Waals surface area contributed by atoms with Crippen LogP contribution in [0.2, 0.25) is 0 Å². The van der Waals surface area contributed by atoms with Crippen molar-refractivity contribution in [3.63, 3.8) is 0 Å². The average molecular weight is 501 g/mol. The summed E-state index contributed by atoms with van der Waals surface area (Å²) in [6.45, 7) is 11.7. The summed E-state index contributed by atoms with van der Waals surface area (Å²) in [5, 5.41) is 14.1. The first-order valence-electron chi connectivity index (χ1n) is 13.2. The van der Waals surface area contributed by atoms with E-state index in [2.05, 4.69) is 40.2 Å². The van der Waals surface area contributed by atoms with E-state index in [0.29, 0.717) is 17.4 Å². The number of hydrogen-bond donors (Lipinski definition) is 1. The van der Waals surface area contributed by atoms with Crippen molar-refractivity contribution in [1.29, 1.82) is 5.26 Å². The van der Waals surface area contributed by atoms with Gasteiger partial charge in [0.05, 0.1) is 49.2 Å². The van der Waals surface area contributed by atoms with Crippen molar-refractivity contribution in [2.75, 3.05) is 56.7 Å². The van der Waals surface area contributed by atoms with E-state index in [0.717, 1.165) is 91.5 Å². The predicted molar refractivity (Wildman–Crippen MR) is 146 cm³/mol. The number of nitrogens with zero attached hydrogens (tertiary/aromatic N) is 5. The summed E-state index contributed by atoms with van der Waals surface area (Å²) >= 11 is 0. The summed E-state index contributed by atoms with van der Waals surface area (Å²) in [6, 6.07) is 12.9. The number of fused-ring (bicyclic) bond motifs is 1. The summed E-state index contributed by atoms with van der Waals surface area (Å²) in [5.41, 5.74) is 4.71. The Hall–Kier alpha value is -3.41. The average Bonchev–Trinajstić information content (AvgIpc) is 2.93. The number of benzene rings is 2. The number of morpholine rings is 1. The highest BCUT2D eigenvalue weighted by Crippen LogP contribution is 2.37. The van der Waals surface area contributed by atoms with Gasteiger partial charge in [0.15, 0.2) is 0 Å². The molecule has 0 aliphatic carbocycles. The Bertz CT molecular complexity index is 1310. The van der Waals surface area contributed by atoms with Gasteiger partial charge in [0.25, 0.3) is 0 Å². The third-order valence-corrected chi connectivity index (χ3v) is 7.79. The lowest BCUT2D eigenvalue weighted by Crippen LogP contribution is -2.49. The molecular formula is C29H36N6O2. The van der Waals surface area contributed by atoms with Crippen molar-refractivity contribution < 1.29 is 9.47 Å². The molecule has 3 aromatic rings. The van der Waals surface area contributed by atoms with Gasteiger partial charge >= 0.3 is 0 Å². The molecule has 2 fully saturated rings. The lowest BCUT2D eigenvalue weighted by atomic mass is 9.98. The van der Waals surface area contributed by atoms with Crippen molar-refractivity contribution in [3.8, 4) is 11.8 Å². The molecule has 194 valence electrons. The minimum Gasteiger partial charge on any atom is -0.495 e. The SMILES string of the molecule is COc1cc2nc(C)nc(N[C@H](C)c3cccc(C#N)c3C)c2cc1N1CCC(N2CCOCC2)CC1. The molecule has 2 aliphatic heterocycles. The summed E-state index contributed by atoms with van der Waals surface area (Å²) in [4.78, 5) is 14.5. The zero-order valence-corrected chi connectivity index (χ0v) is 22.3. The summed E-state index contributed by atoms with van der Waals surface area (Å²) in [7, 11) is 1.73. The van der Waals surface area contributed by atoms with Gasteiger partial charge in [0.1, 0.15) is 17.4 Å². The van der Waals surface area contributed by atoms with Crippen LogP contribution in [-0.4, -0.2) is 67.4 Å².